The second-order valence-corrected chi connectivity index (χ2v) is 11.2. The third kappa shape index (κ3) is 5.69. The minimum atomic E-state index is -4.13. The van der Waals surface area contributed by atoms with Crippen molar-refractivity contribution in [3.63, 3.8) is 0 Å². The molecule has 0 fully saturated rings. The van der Waals surface area contributed by atoms with Crippen LogP contribution in [0.25, 0.3) is 17.2 Å². The van der Waals surface area contributed by atoms with E-state index >= 15 is 0 Å². The van der Waals surface area contributed by atoms with Gasteiger partial charge in [0, 0.05) is 38.6 Å². The van der Waals surface area contributed by atoms with Gasteiger partial charge in [-0.25, -0.2) is 23.4 Å². The molecule has 1 aliphatic rings. The molecular formula is C26H33N7O6S. The number of allylic oxidation sites excluding steroid dienone is 1. The summed E-state index contributed by atoms with van der Waals surface area (Å²) in [6, 6.07) is 5.16. The number of aromatic nitrogens is 6. The number of hydrogen-bond donors (Lipinski definition) is 1. The van der Waals surface area contributed by atoms with Crippen LogP contribution in [-0.2, 0) is 24.2 Å². The topological polar surface area (TPSA) is 152 Å². The maximum absolute atomic E-state index is 13.7. The van der Waals surface area contributed by atoms with Crippen LogP contribution in [0, 0.1) is 12.8 Å². The van der Waals surface area contributed by atoms with Crippen LogP contribution in [0.15, 0.2) is 48.5 Å². The molecule has 3 heterocycles. The summed E-state index contributed by atoms with van der Waals surface area (Å²) in [5, 5.41) is 7.43. The van der Waals surface area contributed by atoms with E-state index in [0.29, 0.717) is 23.0 Å². The second-order valence-electron chi connectivity index (χ2n) is 9.20. The van der Waals surface area contributed by atoms with Crippen molar-refractivity contribution in [1.82, 2.24) is 29.7 Å². The highest BCUT2D eigenvalue weighted by Gasteiger charge is 2.37. The van der Waals surface area contributed by atoms with Crippen LogP contribution in [0.2, 0.25) is 0 Å². The molecule has 0 amide bonds. The predicted octanol–water partition coefficient (Wildman–Crippen LogP) is 3.00. The normalized spacial score (nSPS) is 18.9. The predicted molar refractivity (Wildman–Crippen MR) is 148 cm³/mol. The molecule has 3 aromatic heterocycles. The molecule has 214 valence electrons. The molecule has 0 spiro atoms. The Morgan fingerprint density at radius 1 is 1.05 bits per heavy atom. The van der Waals surface area contributed by atoms with Crippen LogP contribution < -0.4 is 9.46 Å². The van der Waals surface area contributed by atoms with E-state index in [1.165, 1.54) is 28.3 Å². The average Bonchev–Trinajstić information content (AvgIpc) is 3.36. The Morgan fingerprint density at radius 3 is 2.40 bits per heavy atom. The molecule has 1 aliphatic carbocycles. The summed E-state index contributed by atoms with van der Waals surface area (Å²) in [5.41, 5.74) is 1.73. The number of rotatable bonds is 11. The summed E-state index contributed by atoms with van der Waals surface area (Å²) in [7, 11) is 1.86. The van der Waals surface area contributed by atoms with E-state index in [0.717, 1.165) is 5.56 Å². The van der Waals surface area contributed by atoms with E-state index in [4.69, 9.17) is 18.9 Å². The third-order valence-corrected chi connectivity index (χ3v) is 8.24. The molecule has 0 aliphatic heterocycles. The van der Waals surface area contributed by atoms with E-state index < -0.39 is 27.5 Å². The molecule has 3 aromatic rings. The van der Waals surface area contributed by atoms with Gasteiger partial charge >= 0.3 is 0 Å². The summed E-state index contributed by atoms with van der Waals surface area (Å²) < 4.78 is 53.9. The van der Waals surface area contributed by atoms with Gasteiger partial charge in [-0.1, -0.05) is 19.1 Å². The highest BCUT2D eigenvalue weighted by molar-refractivity contribution is 7.93. The Kier molecular flexibility index (Phi) is 8.81. The summed E-state index contributed by atoms with van der Waals surface area (Å²) >= 11 is 0. The van der Waals surface area contributed by atoms with E-state index in [2.05, 4.69) is 29.9 Å². The number of nitrogens with one attached hydrogen (secondary N) is 1. The Labute approximate surface area is 233 Å². The first kappa shape index (κ1) is 29.1. The number of anilines is 1. The molecule has 0 bridgehead atoms. The van der Waals surface area contributed by atoms with Gasteiger partial charge < -0.3 is 18.9 Å². The maximum Gasteiger partial charge on any atom is 0.243 e. The van der Waals surface area contributed by atoms with Gasteiger partial charge in [0.25, 0.3) is 0 Å². The fourth-order valence-electron chi connectivity index (χ4n) is 4.39. The Morgan fingerprint density at radius 2 is 1.77 bits per heavy atom. The van der Waals surface area contributed by atoms with E-state index in [9.17, 15) is 8.42 Å². The first-order valence-corrected chi connectivity index (χ1v) is 14.0. The van der Waals surface area contributed by atoms with Gasteiger partial charge in [0.15, 0.2) is 11.6 Å². The zero-order valence-corrected chi connectivity index (χ0v) is 24.2. The molecule has 0 aromatic carbocycles. The highest BCUT2D eigenvalue weighted by Crippen LogP contribution is 2.36. The lowest BCUT2D eigenvalue weighted by Gasteiger charge is -2.30. The number of ether oxygens (including phenoxy) is 4. The zero-order chi connectivity index (χ0) is 29.0. The van der Waals surface area contributed by atoms with Crippen LogP contribution >= 0.6 is 0 Å². The lowest BCUT2D eigenvalue weighted by atomic mass is 9.95. The first-order valence-electron chi connectivity index (χ1n) is 12.4. The van der Waals surface area contributed by atoms with Gasteiger partial charge in [0.1, 0.15) is 28.9 Å². The van der Waals surface area contributed by atoms with E-state index in [-0.39, 0.29) is 23.5 Å². The van der Waals surface area contributed by atoms with Gasteiger partial charge in [0.05, 0.1) is 19.9 Å². The SMILES string of the molecule is COC1=C(n2c(NS(=O)(=O)[C@@H](C)[C@H](OC)c3ncc(C)cn3)nnc2-c2cccc(OC)n2)C(OC)C(C)C=C1. The zero-order valence-electron chi connectivity index (χ0n) is 23.4. The molecule has 0 saturated heterocycles. The summed E-state index contributed by atoms with van der Waals surface area (Å²) in [6.45, 7) is 5.32. The van der Waals surface area contributed by atoms with Crippen molar-refractivity contribution >= 4 is 21.7 Å². The molecule has 14 heteroatoms. The van der Waals surface area contributed by atoms with Crippen LogP contribution in [0.1, 0.15) is 31.3 Å². The van der Waals surface area contributed by atoms with Gasteiger partial charge in [-0.05, 0) is 31.6 Å². The minimum absolute atomic E-state index is 0.0765. The maximum atomic E-state index is 13.7. The van der Waals surface area contributed by atoms with Crippen molar-refractivity contribution < 1.29 is 27.4 Å². The number of nitrogens with zero attached hydrogens (tertiary/aromatic N) is 6. The van der Waals surface area contributed by atoms with Gasteiger partial charge in [-0.3, -0.25) is 9.29 Å². The van der Waals surface area contributed by atoms with Crippen molar-refractivity contribution in [2.24, 2.45) is 5.92 Å². The summed E-state index contributed by atoms with van der Waals surface area (Å²) in [5.74, 6) is 1.13. The number of hydrogen-bond acceptors (Lipinski definition) is 11. The monoisotopic (exact) mass is 571 g/mol. The molecule has 4 atom stereocenters. The molecule has 1 N–H and O–H groups in total. The molecule has 0 saturated carbocycles. The van der Waals surface area contributed by atoms with Crippen LogP contribution in [-0.4, -0.2) is 77.9 Å². The second kappa shape index (κ2) is 12.1. The molecule has 13 nitrogen and oxygen atoms in total. The van der Waals surface area contributed by atoms with Crippen LogP contribution in [0.4, 0.5) is 5.95 Å². The Balaban J connectivity index is 1.85. The molecule has 2 unspecified atom stereocenters. The Bertz CT molecular complexity index is 1500. The lowest BCUT2D eigenvalue weighted by molar-refractivity contribution is 0.0949. The Hall–Kier alpha value is -3.88. The van der Waals surface area contributed by atoms with E-state index in [1.807, 2.05) is 19.9 Å². The van der Waals surface area contributed by atoms with Gasteiger partial charge in [-0.2, -0.15) is 0 Å². The van der Waals surface area contributed by atoms with Crippen molar-refractivity contribution in [2.75, 3.05) is 33.2 Å². The summed E-state index contributed by atoms with van der Waals surface area (Å²) in [6.07, 6.45) is 5.48. The van der Waals surface area contributed by atoms with Crippen molar-refractivity contribution in [1.29, 1.82) is 0 Å². The summed E-state index contributed by atoms with van der Waals surface area (Å²) in [4.78, 5) is 13.0. The molecule has 4 rings (SSSR count). The number of methoxy groups -OCH3 is 4. The third-order valence-electron chi connectivity index (χ3n) is 6.55. The largest absolute Gasteiger partial charge is 0.495 e. The fraction of sp³-hybridized carbons (Fsp3) is 0.423. The standard InChI is InChI=1S/C26H33N7O6S/c1-15-13-27-24(28-14-15)23(39-7)17(3)40(34,35)32-26-31-30-25(18-9-8-10-20(29-18)37-5)33(26)21-19(36-4)12-11-16(2)22(21)38-6/h8-14,16-17,22-23H,1-7H3,(H,31,32)/t16?,17-,22?,23-/m0/s1. The number of sulfonamides is 1. The fourth-order valence-corrected chi connectivity index (χ4v) is 5.52. The molecule has 40 heavy (non-hydrogen) atoms. The molecular weight excluding hydrogens is 538 g/mol. The van der Waals surface area contributed by atoms with Crippen molar-refractivity contribution in [3.05, 3.63) is 59.9 Å². The first-order chi connectivity index (χ1) is 19.1. The number of pyridine rings is 1. The van der Waals surface area contributed by atoms with Gasteiger partial charge in [0.2, 0.25) is 21.9 Å². The van der Waals surface area contributed by atoms with Crippen LogP contribution in [0.3, 0.4) is 0 Å². The van der Waals surface area contributed by atoms with Crippen LogP contribution in [0.5, 0.6) is 5.88 Å². The smallest absolute Gasteiger partial charge is 0.243 e. The average molecular weight is 572 g/mol. The highest BCUT2D eigenvalue weighted by atomic mass is 32.2. The molecule has 0 radical (unpaired) electrons. The van der Waals surface area contributed by atoms with Gasteiger partial charge in [-0.15, -0.1) is 10.2 Å². The van der Waals surface area contributed by atoms with Crippen molar-refractivity contribution in [3.8, 4) is 17.4 Å². The quantitative estimate of drug-likeness (QED) is 0.361. The minimum Gasteiger partial charge on any atom is -0.495 e. The lowest BCUT2D eigenvalue weighted by Crippen LogP contribution is -2.34. The van der Waals surface area contributed by atoms with E-state index in [1.54, 1.807) is 48.3 Å². The van der Waals surface area contributed by atoms with Crippen molar-refractivity contribution in [2.45, 2.75) is 38.2 Å². The number of aryl methyl sites for hydroxylation is 1.